The molecule has 0 bridgehead atoms. The monoisotopic (exact) mass is 359 g/mol. The molecule has 0 spiro atoms. The Bertz CT molecular complexity index is 855. The molecule has 25 heavy (non-hydrogen) atoms. The second kappa shape index (κ2) is 6.83. The van der Waals surface area contributed by atoms with Crippen molar-refractivity contribution in [3.05, 3.63) is 34.6 Å². The van der Waals surface area contributed by atoms with Crippen LogP contribution in [0.2, 0.25) is 0 Å². The summed E-state index contributed by atoms with van der Waals surface area (Å²) in [7, 11) is 0. The average molecular weight is 359 g/mol. The van der Waals surface area contributed by atoms with E-state index in [1.807, 2.05) is 52.0 Å². The first-order valence-electron chi connectivity index (χ1n) is 8.82. The number of aromatic nitrogens is 2. The van der Waals surface area contributed by atoms with Crippen molar-refractivity contribution in [3.63, 3.8) is 0 Å². The number of hydrogen-bond acceptors (Lipinski definition) is 4. The third kappa shape index (κ3) is 3.89. The number of nitrogens with zero attached hydrogens (tertiary/aromatic N) is 2. The number of amides is 1. The fraction of sp³-hybridized carbons (Fsp3) is 0.526. The molecule has 2 aromatic rings. The molecule has 1 aromatic carbocycles. The van der Waals surface area contributed by atoms with Crippen LogP contribution in [0.5, 0.6) is 0 Å². The predicted octanol–water partition coefficient (Wildman–Crippen LogP) is 3.52. The third-order valence-corrected chi connectivity index (χ3v) is 5.75. The van der Waals surface area contributed by atoms with Gasteiger partial charge in [-0.25, -0.2) is 4.98 Å². The zero-order chi connectivity index (χ0) is 18.2. The van der Waals surface area contributed by atoms with Gasteiger partial charge in [-0.05, 0) is 52.2 Å². The number of carbonyl (C=O) groups is 1. The molecular weight excluding hydrogens is 334 g/mol. The van der Waals surface area contributed by atoms with Gasteiger partial charge in [0.05, 0.1) is 16.2 Å². The minimum atomic E-state index is -0.316. The highest BCUT2D eigenvalue weighted by molar-refractivity contribution is 8.00. The van der Waals surface area contributed by atoms with Crippen molar-refractivity contribution in [2.45, 2.75) is 68.9 Å². The minimum absolute atomic E-state index is 0.00269. The number of para-hydroxylation sites is 1. The van der Waals surface area contributed by atoms with Crippen LogP contribution in [0.15, 0.2) is 34.2 Å². The molecule has 1 amide bonds. The summed E-state index contributed by atoms with van der Waals surface area (Å²) >= 11 is 1.37. The molecule has 1 unspecified atom stereocenters. The van der Waals surface area contributed by atoms with E-state index in [2.05, 4.69) is 10.3 Å². The van der Waals surface area contributed by atoms with Gasteiger partial charge in [0.15, 0.2) is 5.16 Å². The van der Waals surface area contributed by atoms with Crippen LogP contribution in [0.4, 0.5) is 0 Å². The topological polar surface area (TPSA) is 64.0 Å². The summed E-state index contributed by atoms with van der Waals surface area (Å²) in [6.07, 6.45) is 2.85. The molecule has 0 saturated heterocycles. The van der Waals surface area contributed by atoms with E-state index in [4.69, 9.17) is 0 Å². The molecule has 1 aliphatic carbocycles. The van der Waals surface area contributed by atoms with E-state index >= 15 is 0 Å². The summed E-state index contributed by atoms with van der Waals surface area (Å²) < 4.78 is 1.78. The van der Waals surface area contributed by atoms with Crippen LogP contribution in [0.1, 0.15) is 53.0 Å². The SMILES string of the molecule is CCC(C)(C)NC(=O)C(C)Sc1nc2ccccc2c(=O)n1C1CC1. The zero-order valence-corrected chi connectivity index (χ0v) is 16.0. The first kappa shape index (κ1) is 18.0. The van der Waals surface area contributed by atoms with Crippen LogP contribution in [0.25, 0.3) is 10.9 Å². The van der Waals surface area contributed by atoms with Gasteiger partial charge in [0.25, 0.3) is 5.56 Å². The lowest BCUT2D eigenvalue weighted by Gasteiger charge is -2.26. The molecule has 1 aliphatic rings. The highest BCUT2D eigenvalue weighted by atomic mass is 32.2. The van der Waals surface area contributed by atoms with Gasteiger partial charge in [-0.3, -0.25) is 14.2 Å². The van der Waals surface area contributed by atoms with Gasteiger partial charge in [0.1, 0.15) is 0 Å². The summed E-state index contributed by atoms with van der Waals surface area (Å²) in [6.45, 7) is 7.94. The van der Waals surface area contributed by atoms with Gasteiger partial charge < -0.3 is 5.32 Å². The molecule has 1 fully saturated rings. The van der Waals surface area contributed by atoms with E-state index in [0.29, 0.717) is 16.1 Å². The van der Waals surface area contributed by atoms with Gasteiger partial charge in [0, 0.05) is 11.6 Å². The van der Waals surface area contributed by atoms with E-state index in [9.17, 15) is 9.59 Å². The number of nitrogens with one attached hydrogen (secondary N) is 1. The Labute approximate surface area is 152 Å². The van der Waals surface area contributed by atoms with E-state index in [0.717, 1.165) is 19.3 Å². The van der Waals surface area contributed by atoms with E-state index in [1.165, 1.54) is 11.8 Å². The molecule has 1 saturated carbocycles. The standard InChI is InChI=1S/C19H25N3O2S/c1-5-19(3,4)21-16(23)12(2)25-18-20-15-9-7-6-8-14(15)17(24)22(18)13-10-11-13/h6-9,12-13H,5,10-11H2,1-4H3,(H,21,23). The normalized spacial score (nSPS) is 16.0. The van der Waals surface area contributed by atoms with E-state index in [-0.39, 0.29) is 28.3 Å². The third-order valence-electron chi connectivity index (χ3n) is 4.68. The van der Waals surface area contributed by atoms with Crippen molar-refractivity contribution >= 4 is 28.6 Å². The fourth-order valence-corrected chi connectivity index (χ4v) is 3.58. The quantitative estimate of drug-likeness (QED) is 0.633. The lowest BCUT2D eigenvalue weighted by Crippen LogP contribution is -2.46. The molecular formula is C19H25N3O2S. The smallest absolute Gasteiger partial charge is 0.262 e. The van der Waals surface area contributed by atoms with Gasteiger partial charge in [-0.2, -0.15) is 0 Å². The van der Waals surface area contributed by atoms with E-state index < -0.39 is 0 Å². The Morgan fingerprint density at radius 2 is 2.08 bits per heavy atom. The van der Waals surface area contributed by atoms with Gasteiger partial charge in [0.2, 0.25) is 5.91 Å². The number of fused-ring (bicyclic) bond motifs is 1. The number of carbonyl (C=O) groups excluding carboxylic acids is 1. The van der Waals surface area contributed by atoms with Crippen molar-refractivity contribution in [2.75, 3.05) is 0 Å². The predicted molar refractivity (Wildman–Crippen MR) is 102 cm³/mol. The number of benzene rings is 1. The zero-order valence-electron chi connectivity index (χ0n) is 15.2. The Kier molecular flexibility index (Phi) is 4.91. The Hall–Kier alpha value is -1.82. The van der Waals surface area contributed by atoms with Crippen LogP contribution in [-0.2, 0) is 4.79 Å². The Balaban J connectivity index is 1.91. The highest BCUT2D eigenvalue weighted by Gasteiger charge is 2.30. The van der Waals surface area contributed by atoms with Gasteiger partial charge in [-0.15, -0.1) is 0 Å². The molecule has 1 aromatic heterocycles. The number of rotatable bonds is 6. The van der Waals surface area contributed by atoms with Gasteiger partial charge >= 0.3 is 0 Å². The molecule has 0 aliphatic heterocycles. The second-order valence-corrected chi connectivity index (χ2v) is 8.61. The fourth-order valence-electron chi connectivity index (χ4n) is 2.60. The second-order valence-electron chi connectivity index (χ2n) is 7.30. The van der Waals surface area contributed by atoms with Crippen LogP contribution >= 0.6 is 11.8 Å². The van der Waals surface area contributed by atoms with Crippen molar-refractivity contribution in [1.82, 2.24) is 14.9 Å². The summed E-state index contributed by atoms with van der Waals surface area (Å²) in [4.78, 5) is 30.1. The maximum absolute atomic E-state index is 12.9. The summed E-state index contributed by atoms with van der Waals surface area (Å²) in [5.41, 5.74) is 0.448. The summed E-state index contributed by atoms with van der Waals surface area (Å²) in [5, 5.41) is 4.03. The average Bonchev–Trinajstić information content (AvgIpc) is 3.39. The Morgan fingerprint density at radius 3 is 2.72 bits per heavy atom. The molecule has 1 atom stereocenters. The van der Waals surface area contributed by atoms with Crippen LogP contribution in [-0.4, -0.2) is 26.2 Å². The first-order valence-corrected chi connectivity index (χ1v) is 9.70. The molecule has 134 valence electrons. The van der Waals surface area contributed by atoms with Crippen LogP contribution < -0.4 is 10.9 Å². The number of hydrogen-bond donors (Lipinski definition) is 1. The lowest BCUT2D eigenvalue weighted by atomic mass is 10.0. The molecule has 6 heteroatoms. The molecule has 5 nitrogen and oxygen atoms in total. The molecule has 1 heterocycles. The van der Waals surface area contributed by atoms with Crippen LogP contribution in [0, 0.1) is 0 Å². The van der Waals surface area contributed by atoms with Crippen molar-refractivity contribution in [2.24, 2.45) is 0 Å². The Morgan fingerprint density at radius 1 is 1.40 bits per heavy atom. The lowest BCUT2D eigenvalue weighted by molar-refractivity contribution is -0.121. The molecule has 3 rings (SSSR count). The van der Waals surface area contributed by atoms with Gasteiger partial charge in [-0.1, -0.05) is 30.8 Å². The molecule has 0 radical (unpaired) electrons. The van der Waals surface area contributed by atoms with E-state index in [1.54, 1.807) is 4.57 Å². The summed E-state index contributed by atoms with van der Waals surface area (Å²) in [6, 6.07) is 7.62. The molecule has 1 N–H and O–H groups in total. The van der Waals surface area contributed by atoms with Crippen molar-refractivity contribution in [1.29, 1.82) is 0 Å². The maximum Gasteiger partial charge on any atom is 0.262 e. The highest BCUT2D eigenvalue weighted by Crippen LogP contribution is 2.37. The summed E-state index contributed by atoms with van der Waals surface area (Å²) in [5.74, 6) is -0.0263. The maximum atomic E-state index is 12.9. The van der Waals surface area contributed by atoms with Crippen molar-refractivity contribution < 1.29 is 4.79 Å². The number of thioether (sulfide) groups is 1. The largest absolute Gasteiger partial charge is 0.350 e. The first-order chi connectivity index (χ1) is 11.8. The van der Waals surface area contributed by atoms with Crippen LogP contribution in [0.3, 0.4) is 0 Å². The minimum Gasteiger partial charge on any atom is -0.350 e. The van der Waals surface area contributed by atoms with Crippen molar-refractivity contribution in [3.8, 4) is 0 Å².